The molecule has 0 radical (unpaired) electrons. The Kier molecular flexibility index (Phi) is 4.72. The van der Waals surface area contributed by atoms with Gasteiger partial charge in [-0.15, -0.1) is 23.1 Å². The highest BCUT2D eigenvalue weighted by Gasteiger charge is 2.16. The second-order valence-corrected chi connectivity index (χ2v) is 6.41. The maximum absolute atomic E-state index is 6.23. The summed E-state index contributed by atoms with van der Waals surface area (Å²) in [6, 6.07) is 10.5. The fourth-order valence-electron chi connectivity index (χ4n) is 2.13. The van der Waals surface area contributed by atoms with E-state index in [1.165, 1.54) is 33.7 Å². The van der Waals surface area contributed by atoms with E-state index < -0.39 is 0 Å². The van der Waals surface area contributed by atoms with Gasteiger partial charge >= 0.3 is 0 Å². The van der Waals surface area contributed by atoms with Gasteiger partial charge in [0.25, 0.3) is 0 Å². The molecule has 0 fully saturated rings. The molecule has 1 nitrogen and oxygen atoms in total. The van der Waals surface area contributed by atoms with Crippen LogP contribution in [0.5, 0.6) is 0 Å². The number of rotatable bonds is 5. The lowest BCUT2D eigenvalue weighted by Crippen LogP contribution is -1.91. The summed E-state index contributed by atoms with van der Waals surface area (Å²) in [5.41, 5.74) is 10.2. The highest BCUT2D eigenvalue weighted by atomic mass is 32.2. The lowest BCUT2D eigenvalue weighted by molar-refractivity contribution is 0.791. The van der Waals surface area contributed by atoms with Gasteiger partial charge in [0, 0.05) is 5.56 Å². The summed E-state index contributed by atoms with van der Waals surface area (Å²) >= 11 is 3.54. The highest BCUT2D eigenvalue weighted by Crippen LogP contribution is 2.43. The second kappa shape index (κ2) is 6.30. The molecule has 0 saturated carbocycles. The van der Waals surface area contributed by atoms with Gasteiger partial charge in [-0.2, -0.15) is 0 Å². The molecule has 2 rings (SSSR count). The van der Waals surface area contributed by atoms with Gasteiger partial charge in [0.1, 0.15) is 0 Å². The molecule has 1 heterocycles. The summed E-state index contributed by atoms with van der Waals surface area (Å²) in [6.45, 7) is 2.23. The van der Waals surface area contributed by atoms with Crippen LogP contribution >= 0.6 is 23.1 Å². The fourth-order valence-corrected chi connectivity index (χ4v) is 4.05. The fraction of sp³-hybridized carbons (Fsp3) is 0.333. The van der Waals surface area contributed by atoms with Crippen LogP contribution in [0.1, 0.15) is 25.3 Å². The third-order valence-corrected chi connectivity index (χ3v) is 5.25. The molecular weight excluding hydrogens is 258 g/mol. The number of nitrogen functional groups attached to an aromatic ring is 1. The Morgan fingerprint density at radius 1 is 1.22 bits per heavy atom. The minimum absolute atomic E-state index is 0.955. The molecule has 0 unspecified atom stereocenters. The number of hydrogen-bond acceptors (Lipinski definition) is 3. The van der Waals surface area contributed by atoms with E-state index in [4.69, 9.17) is 5.73 Å². The zero-order valence-electron chi connectivity index (χ0n) is 10.9. The van der Waals surface area contributed by atoms with Crippen molar-refractivity contribution in [2.24, 2.45) is 0 Å². The van der Waals surface area contributed by atoms with Gasteiger partial charge in [0.15, 0.2) is 0 Å². The lowest BCUT2D eigenvalue weighted by atomic mass is 10.0. The first-order valence-corrected chi connectivity index (χ1v) is 8.32. The molecule has 0 atom stereocenters. The summed E-state index contributed by atoms with van der Waals surface area (Å²) < 4.78 is 1.37. The average molecular weight is 277 g/mol. The zero-order chi connectivity index (χ0) is 13.0. The zero-order valence-corrected chi connectivity index (χ0v) is 12.5. The molecule has 0 aliphatic rings. The van der Waals surface area contributed by atoms with Crippen LogP contribution in [0.3, 0.4) is 0 Å². The predicted molar refractivity (Wildman–Crippen MR) is 84.6 cm³/mol. The first-order valence-electron chi connectivity index (χ1n) is 6.28. The molecule has 18 heavy (non-hydrogen) atoms. The van der Waals surface area contributed by atoms with Gasteiger partial charge < -0.3 is 5.73 Å². The van der Waals surface area contributed by atoms with E-state index in [9.17, 15) is 0 Å². The summed E-state index contributed by atoms with van der Waals surface area (Å²) in [5, 5.41) is 0.955. The van der Waals surface area contributed by atoms with Crippen molar-refractivity contribution in [3.8, 4) is 11.1 Å². The van der Waals surface area contributed by atoms with Gasteiger partial charge in [0.2, 0.25) is 0 Å². The SMILES string of the molecule is CCCCc1c(SC)sc(N)c1-c1ccccc1. The van der Waals surface area contributed by atoms with Crippen molar-refractivity contribution in [1.29, 1.82) is 0 Å². The van der Waals surface area contributed by atoms with E-state index in [1.807, 2.05) is 17.8 Å². The van der Waals surface area contributed by atoms with Crippen molar-refractivity contribution in [2.75, 3.05) is 12.0 Å². The molecule has 0 amide bonds. The average Bonchev–Trinajstić information content (AvgIpc) is 2.73. The molecule has 3 heteroatoms. The maximum Gasteiger partial charge on any atom is 0.0950 e. The molecule has 0 saturated heterocycles. The molecule has 96 valence electrons. The second-order valence-electron chi connectivity index (χ2n) is 4.28. The van der Waals surface area contributed by atoms with Crippen molar-refractivity contribution in [2.45, 2.75) is 30.4 Å². The molecule has 1 aromatic carbocycles. The molecule has 0 bridgehead atoms. The quantitative estimate of drug-likeness (QED) is 0.773. The van der Waals surface area contributed by atoms with Crippen LogP contribution in [0, 0.1) is 0 Å². The summed E-state index contributed by atoms with van der Waals surface area (Å²) in [5.74, 6) is 0. The number of unbranched alkanes of at least 4 members (excludes halogenated alkanes) is 1. The van der Waals surface area contributed by atoms with E-state index in [2.05, 4.69) is 37.4 Å². The van der Waals surface area contributed by atoms with Crippen molar-refractivity contribution in [1.82, 2.24) is 0 Å². The van der Waals surface area contributed by atoms with Gasteiger partial charge in [-0.05, 0) is 30.2 Å². The lowest BCUT2D eigenvalue weighted by Gasteiger charge is -2.07. The molecule has 0 aliphatic carbocycles. The van der Waals surface area contributed by atoms with Crippen LogP contribution < -0.4 is 5.73 Å². The first kappa shape index (κ1) is 13.5. The number of anilines is 1. The van der Waals surface area contributed by atoms with Crippen molar-refractivity contribution in [3.63, 3.8) is 0 Å². The van der Waals surface area contributed by atoms with E-state index in [-0.39, 0.29) is 0 Å². The van der Waals surface area contributed by atoms with Crippen LogP contribution in [0.15, 0.2) is 34.5 Å². The highest BCUT2D eigenvalue weighted by molar-refractivity contribution is 8.00. The first-order chi connectivity index (χ1) is 8.77. The molecular formula is C15H19NS2. The molecule has 1 aromatic heterocycles. The minimum atomic E-state index is 0.955. The smallest absolute Gasteiger partial charge is 0.0950 e. The Hall–Kier alpha value is -0.930. The number of thiophene rings is 1. The van der Waals surface area contributed by atoms with E-state index in [0.717, 1.165) is 11.4 Å². The minimum Gasteiger partial charge on any atom is -0.390 e. The Morgan fingerprint density at radius 3 is 2.56 bits per heavy atom. The Bertz CT molecular complexity index is 503. The summed E-state index contributed by atoms with van der Waals surface area (Å²) in [7, 11) is 0. The van der Waals surface area contributed by atoms with Crippen LogP contribution in [-0.4, -0.2) is 6.26 Å². The van der Waals surface area contributed by atoms with Gasteiger partial charge in [-0.25, -0.2) is 0 Å². The molecule has 2 N–H and O–H groups in total. The van der Waals surface area contributed by atoms with E-state index in [1.54, 1.807) is 11.3 Å². The Labute approximate surface area is 117 Å². The predicted octanol–water partition coefficient (Wildman–Crippen LogP) is 5.06. The Morgan fingerprint density at radius 2 is 1.94 bits per heavy atom. The van der Waals surface area contributed by atoms with Gasteiger partial charge in [-0.1, -0.05) is 43.7 Å². The summed E-state index contributed by atoms with van der Waals surface area (Å²) in [6.07, 6.45) is 5.71. The van der Waals surface area contributed by atoms with Crippen molar-refractivity contribution in [3.05, 3.63) is 35.9 Å². The van der Waals surface area contributed by atoms with Crippen LogP contribution in [-0.2, 0) is 6.42 Å². The maximum atomic E-state index is 6.23. The van der Waals surface area contributed by atoms with Gasteiger partial charge in [0.05, 0.1) is 9.21 Å². The standard InChI is InChI=1S/C15H19NS2/c1-3-4-10-12-13(11-8-6-5-7-9-11)14(16)18-15(12)17-2/h5-9H,3-4,10,16H2,1-2H3. The van der Waals surface area contributed by atoms with E-state index >= 15 is 0 Å². The van der Waals surface area contributed by atoms with Crippen LogP contribution in [0.4, 0.5) is 5.00 Å². The number of thioether (sulfide) groups is 1. The van der Waals surface area contributed by atoms with E-state index in [0.29, 0.717) is 0 Å². The molecule has 0 aliphatic heterocycles. The monoisotopic (exact) mass is 277 g/mol. The summed E-state index contributed by atoms with van der Waals surface area (Å²) in [4.78, 5) is 0. The molecule has 0 spiro atoms. The largest absolute Gasteiger partial charge is 0.390 e. The van der Waals surface area contributed by atoms with Crippen molar-refractivity contribution < 1.29 is 0 Å². The van der Waals surface area contributed by atoms with Crippen LogP contribution in [0.2, 0.25) is 0 Å². The third-order valence-electron chi connectivity index (χ3n) is 3.03. The van der Waals surface area contributed by atoms with Crippen LogP contribution in [0.25, 0.3) is 11.1 Å². The number of hydrogen-bond donors (Lipinski definition) is 1. The number of benzene rings is 1. The molecule has 2 aromatic rings. The number of nitrogens with two attached hydrogens (primary N) is 1. The normalized spacial score (nSPS) is 10.8. The van der Waals surface area contributed by atoms with Gasteiger partial charge in [-0.3, -0.25) is 0 Å². The Balaban J connectivity index is 2.48. The van der Waals surface area contributed by atoms with Crippen molar-refractivity contribution >= 4 is 28.1 Å². The topological polar surface area (TPSA) is 26.0 Å². The third kappa shape index (κ3) is 2.73.